The lowest BCUT2D eigenvalue weighted by Crippen LogP contribution is -2.35. The summed E-state index contributed by atoms with van der Waals surface area (Å²) in [6.45, 7) is 13.3. The van der Waals surface area contributed by atoms with E-state index in [1.54, 1.807) is 27.8 Å². The summed E-state index contributed by atoms with van der Waals surface area (Å²) in [5, 5.41) is 0. The number of nitrogens with zero attached hydrogens (tertiary/aromatic N) is 1. The normalized spacial score (nSPS) is 24.1. The van der Waals surface area contributed by atoms with Crippen LogP contribution in [0.25, 0.3) is 5.57 Å². The number of fused-ring (bicyclic) bond motifs is 1. The van der Waals surface area contributed by atoms with Crippen LogP contribution in [0.1, 0.15) is 83.0 Å². The fourth-order valence-electron chi connectivity index (χ4n) is 6.18. The minimum Gasteiger partial charge on any atom is -0.299 e. The van der Waals surface area contributed by atoms with Crippen molar-refractivity contribution in [2.24, 2.45) is 23.7 Å². The van der Waals surface area contributed by atoms with Crippen LogP contribution in [-0.2, 0) is 6.42 Å². The first-order valence-electron chi connectivity index (χ1n) is 12.3. The first kappa shape index (κ1) is 21.6. The van der Waals surface area contributed by atoms with E-state index in [9.17, 15) is 0 Å². The lowest BCUT2D eigenvalue weighted by atomic mass is 9.72. The molecule has 162 valence electrons. The molecule has 0 aromatic heterocycles. The molecule has 1 aromatic rings. The second kappa shape index (κ2) is 8.87. The van der Waals surface area contributed by atoms with E-state index >= 15 is 0 Å². The molecule has 4 unspecified atom stereocenters. The van der Waals surface area contributed by atoms with Crippen LogP contribution in [0.5, 0.6) is 0 Å². The van der Waals surface area contributed by atoms with Gasteiger partial charge in [-0.1, -0.05) is 76.6 Å². The van der Waals surface area contributed by atoms with Gasteiger partial charge in [-0.15, -0.1) is 0 Å². The highest BCUT2D eigenvalue weighted by atomic mass is 15.1. The highest BCUT2D eigenvalue weighted by molar-refractivity contribution is 5.86. The smallest absolute Gasteiger partial charge is 0.0391 e. The molecule has 1 aliphatic heterocycles. The third kappa shape index (κ3) is 4.11. The van der Waals surface area contributed by atoms with Gasteiger partial charge in [0.2, 0.25) is 0 Å². The van der Waals surface area contributed by atoms with Gasteiger partial charge in [0.1, 0.15) is 0 Å². The molecule has 0 bridgehead atoms. The molecule has 2 aliphatic carbocycles. The second-order valence-corrected chi connectivity index (χ2v) is 10.8. The Labute approximate surface area is 184 Å². The van der Waals surface area contributed by atoms with E-state index in [1.165, 1.54) is 37.8 Å². The van der Waals surface area contributed by atoms with Crippen molar-refractivity contribution < 1.29 is 0 Å². The zero-order valence-corrected chi connectivity index (χ0v) is 20.0. The Morgan fingerprint density at radius 3 is 2.63 bits per heavy atom. The number of hydrogen-bond donors (Lipinski definition) is 0. The monoisotopic (exact) mass is 403 g/mol. The fourth-order valence-corrected chi connectivity index (χ4v) is 6.18. The van der Waals surface area contributed by atoms with E-state index in [4.69, 9.17) is 0 Å². The topological polar surface area (TPSA) is 3.24 Å². The van der Waals surface area contributed by atoms with Crippen molar-refractivity contribution in [1.82, 2.24) is 4.90 Å². The van der Waals surface area contributed by atoms with Crippen molar-refractivity contribution in [3.05, 3.63) is 64.3 Å². The largest absolute Gasteiger partial charge is 0.299 e. The van der Waals surface area contributed by atoms with Crippen molar-refractivity contribution in [2.75, 3.05) is 13.6 Å². The number of benzene rings is 1. The first-order chi connectivity index (χ1) is 14.4. The standard InChI is InChI=1S/C29H41N/c1-19(2)16-20(3)22(5)21(4)17-24-10-7-8-11-25-18-27-29-23(14-15-30(27)6)12-9-13-26(29)28(24)25/h7-10,12-13,19-22,27H,11,14-18H2,1-6H3. The molecule has 0 amide bonds. The zero-order valence-electron chi connectivity index (χ0n) is 20.0. The van der Waals surface area contributed by atoms with Gasteiger partial charge in [-0.25, -0.2) is 0 Å². The average molecular weight is 404 g/mol. The van der Waals surface area contributed by atoms with Crippen LogP contribution >= 0.6 is 0 Å². The van der Waals surface area contributed by atoms with E-state index in [2.05, 4.69) is 83.0 Å². The minimum absolute atomic E-state index is 0.568. The van der Waals surface area contributed by atoms with Gasteiger partial charge in [0, 0.05) is 12.6 Å². The third-order valence-electron chi connectivity index (χ3n) is 8.16. The Bertz CT molecular complexity index is 868. The molecule has 0 radical (unpaired) electrons. The van der Waals surface area contributed by atoms with Crippen LogP contribution in [0, 0.1) is 23.7 Å². The molecular formula is C29H41N. The maximum Gasteiger partial charge on any atom is 0.0391 e. The molecule has 30 heavy (non-hydrogen) atoms. The first-order valence-corrected chi connectivity index (χ1v) is 12.3. The molecular weight excluding hydrogens is 362 g/mol. The summed E-state index contributed by atoms with van der Waals surface area (Å²) in [5.41, 5.74) is 9.59. The molecule has 0 fully saturated rings. The summed E-state index contributed by atoms with van der Waals surface area (Å²) >= 11 is 0. The van der Waals surface area contributed by atoms with Gasteiger partial charge in [0.15, 0.2) is 0 Å². The SMILES string of the molecule is CC(C)CC(C)C(C)C(C)CC1=CC=CCC2=C1c1cccc3c1C(C2)N(C)CC3. The van der Waals surface area contributed by atoms with Crippen molar-refractivity contribution in [2.45, 2.75) is 72.8 Å². The van der Waals surface area contributed by atoms with E-state index < -0.39 is 0 Å². The summed E-state index contributed by atoms with van der Waals surface area (Å²) in [6, 6.07) is 7.66. The molecule has 0 saturated heterocycles. The van der Waals surface area contributed by atoms with Gasteiger partial charge >= 0.3 is 0 Å². The average Bonchev–Trinajstić information content (AvgIpc) is 2.91. The lowest BCUT2D eigenvalue weighted by molar-refractivity contribution is 0.226. The van der Waals surface area contributed by atoms with Crippen molar-refractivity contribution in [1.29, 1.82) is 0 Å². The number of likely N-dealkylation sites (N-methyl/N-ethyl adjacent to an activating group) is 1. The summed E-state index contributed by atoms with van der Waals surface area (Å²) in [7, 11) is 2.32. The number of allylic oxidation sites excluding steroid dienone is 5. The second-order valence-electron chi connectivity index (χ2n) is 10.8. The molecule has 4 atom stereocenters. The van der Waals surface area contributed by atoms with Gasteiger partial charge in [0.05, 0.1) is 0 Å². The van der Waals surface area contributed by atoms with Crippen LogP contribution in [0.15, 0.2) is 47.6 Å². The van der Waals surface area contributed by atoms with E-state index in [-0.39, 0.29) is 0 Å². The van der Waals surface area contributed by atoms with Crippen LogP contribution in [-0.4, -0.2) is 18.5 Å². The van der Waals surface area contributed by atoms with Gasteiger partial charge in [-0.2, -0.15) is 0 Å². The Kier molecular flexibility index (Phi) is 6.39. The molecule has 1 aromatic carbocycles. The lowest BCUT2D eigenvalue weighted by Gasteiger charge is -2.41. The third-order valence-corrected chi connectivity index (χ3v) is 8.16. The van der Waals surface area contributed by atoms with E-state index in [1.807, 2.05) is 0 Å². The summed E-state index contributed by atoms with van der Waals surface area (Å²) < 4.78 is 0. The fraction of sp³-hybridized carbons (Fsp3) is 0.586. The van der Waals surface area contributed by atoms with Gasteiger partial charge in [-0.3, -0.25) is 4.90 Å². The highest BCUT2D eigenvalue weighted by Gasteiger charge is 2.35. The van der Waals surface area contributed by atoms with Crippen molar-refractivity contribution in [3.63, 3.8) is 0 Å². The maximum atomic E-state index is 2.59. The van der Waals surface area contributed by atoms with E-state index in [0.29, 0.717) is 12.0 Å². The predicted molar refractivity (Wildman–Crippen MR) is 130 cm³/mol. The van der Waals surface area contributed by atoms with Gasteiger partial charge in [0.25, 0.3) is 0 Å². The Morgan fingerprint density at radius 2 is 1.87 bits per heavy atom. The molecule has 3 aliphatic rings. The number of rotatable bonds is 6. The molecule has 1 heteroatoms. The molecule has 0 spiro atoms. The van der Waals surface area contributed by atoms with Gasteiger partial charge < -0.3 is 0 Å². The van der Waals surface area contributed by atoms with Crippen LogP contribution in [0.4, 0.5) is 0 Å². The molecule has 4 rings (SSSR count). The maximum absolute atomic E-state index is 2.59. The van der Waals surface area contributed by atoms with Crippen molar-refractivity contribution >= 4 is 5.57 Å². The Hall–Kier alpha value is -1.60. The van der Waals surface area contributed by atoms with Gasteiger partial charge in [-0.05, 0) is 90.7 Å². The molecule has 1 nitrogen and oxygen atoms in total. The number of hydrogen-bond acceptors (Lipinski definition) is 1. The minimum atomic E-state index is 0.568. The van der Waals surface area contributed by atoms with Crippen LogP contribution in [0.3, 0.4) is 0 Å². The van der Waals surface area contributed by atoms with E-state index in [0.717, 1.165) is 24.2 Å². The quantitative estimate of drug-likeness (QED) is 0.472. The van der Waals surface area contributed by atoms with Crippen LogP contribution < -0.4 is 0 Å². The highest BCUT2D eigenvalue weighted by Crippen LogP contribution is 2.49. The molecule has 0 saturated carbocycles. The molecule has 0 N–H and O–H groups in total. The zero-order chi connectivity index (χ0) is 21.4. The van der Waals surface area contributed by atoms with Crippen LogP contribution in [0.2, 0.25) is 0 Å². The summed E-state index contributed by atoms with van der Waals surface area (Å²) in [5.74, 6) is 3.01. The summed E-state index contributed by atoms with van der Waals surface area (Å²) in [4.78, 5) is 2.59. The van der Waals surface area contributed by atoms with Crippen molar-refractivity contribution in [3.8, 4) is 0 Å². The Morgan fingerprint density at radius 1 is 1.07 bits per heavy atom. The predicted octanol–water partition coefficient (Wildman–Crippen LogP) is 7.60. The Balaban J connectivity index is 1.66. The summed E-state index contributed by atoms with van der Waals surface area (Å²) in [6.07, 6.45) is 13.2. The molecule has 1 heterocycles.